The highest BCUT2D eigenvalue weighted by Gasteiger charge is 2.46. The third kappa shape index (κ3) is 2.63. The van der Waals surface area contributed by atoms with Crippen LogP contribution in [0.3, 0.4) is 0 Å². The van der Waals surface area contributed by atoms with E-state index in [-0.39, 0.29) is 17.9 Å². The first-order valence-corrected chi connectivity index (χ1v) is 7.33. The van der Waals surface area contributed by atoms with Crippen LogP contribution < -0.4 is 5.73 Å². The van der Waals surface area contributed by atoms with Crippen molar-refractivity contribution < 1.29 is 4.79 Å². The first kappa shape index (κ1) is 12.9. The van der Waals surface area contributed by atoms with Crippen LogP contribution in [0.15, 0.2) is 24.3 Å². The van der Waals surface area contributed by atoms with E-state index in [4.69, 9.17) is 17.3 Å². The van der Waals surface area contributed by atoms with Gasteiger partial charge < -0.3 is 10.6 Å². The minimum Gasteiger partial charge on any atom is -0.342 e. The normalized spacial score (nSPS) is 27.4. The molecule has 0 spiro atoms. The zero-order valence-electron chi connectivity index (χ0n) is 10.9. The van der Waals surface area contributed by atoms with Gasteiger partial charge in [0.05, 0.1) is 0 Å². The summed E-state index contributed by atoms with van der Waals surface area (Å²) in [7, 11) is 0. The SMILES string of the molecule is NC1CCN(C(=O)[C@@H]2C[C@H]2c2ccccc2Cl)CC1. The van der Waals surface area contributed by atoms with Crippen LogP contribution in [-0.2, 0) is 4.79 Å². The Bertz CT molecular complexity index is 483. The number of benzene rings is 1. The van der Waals surface area contributed by atoms with Crippen molar-refractivity contribution in [3.05, 3.63) is 34.9 Å². The summed E-state index contributed by atoms with van der Waals surface area (Å²) in [5, 5.41) is 0.781. The quantitative estimate of drug-likeness (QED) is 0.903. The Morgan fingerprint density at radius 1 is 1.26 bits per heavy atom. The van der Waals surface area contributed by atoms with Crippen molar-refractivity contribution in [1.82, 2.24) is 4.90 Å². The minimum absolute atomic E-state index is 0.134. The Labute approximate surface area is 118 Å². The third-order valence-electron chi connectivity index (χ3n) is 4.26. The number of hydrogen-bond acceptors (Lipinski definition) is 2. The van der Waals surface area contributed by atoms with Crippen molar-refractivity contribution in [2.45, 2.75) is 31.2 Å². The number of hydrogen-bond donors (Lipinski definition) is 1. The molecule has 1 aromatic carbocycles. The van der Waals surface area contributed by atoms with Crippen molar-refractivity contribution >= 4 is 17.5 Å². The van der Waals surface area contributed by atoms with Crippen LogP contribution in [0.25, 0.3) is 0 Å². The van der Waals surface area contributed by atoms with Crippen LogP contribution in [0.4, 0.5) is 0 Å². The molecule has 1 aliphatic heterocycles. The van der Waals surface area contributed by atoms with Gasteiger partial charge in [-0.15, -0.1) is 0 Å². The lowest BCUT2D eigenvalue weighted by atomic mass is 10.0. The van der Waals surface area contributed by atoms with E-state index in [1.807, 2.05) is 29.2 Å². The average molecular weight is 279 g/mol. The number of piperidine rings is 1. The summed E-state index contributed by atoms with van der Waals surface area (Å²) >= 11 is 6.19. The van der Waals surface area contributed by atoms with Crippen LogP contribution in [0, 0.1) is 5.92 Å². The molecule has 0 radical (unpaired) electrons. The standard InChI is InChI=1S/C15H19ClN2O/c16-14-4-2-1-3-11(14)12-9-13(12)15(19)18-7-5-10(17)6-8-18/h1-4,10,12-13H,5-9,17H2/t12-,13+/m0/s1. The van der Waals surface area contributed by atoms with Crippen LogP contribution in [0.5, 0.6) is 0 Å². The van der Waals surface area contributed by atoms with E-state index in [2.05, 4.69) is 0 Å². The summed E-state index contributed by atoms with van der Waals surface area (Å²) < 4.78 is 0. The fourth-order valence-corrected chi connectivity index (χ4v) is 3.22. The Balaban J connectivity index is 1.63. The Hall–Kier alpha value is -1.06. The van der Waals surface area contributed by atoms with Crippen LogP contribution >= 0.6 is 11.6 Å². The van der Waals surface area contributed by atoms with Gasteiger partial charge in [0.1, 0.15) is 0 Å². The lowest BCUT2D eigenvalue weighted by molar-refractivity contribution is -0.133. The predicted octanol–water partition coefficient (Wildman–Crippen LogP) is 2.39. The summed E-state index contributed by atoms with van der Waals surface area (Å²) in [5.41, 5.74) is 6.99. The van der Waals surface area contributed by atoms with E-state index < -0.39 is 0 Å². The second-order valence-electron chi connectivity index (χ2n) is 5.63. The van der Waals surface area contributed by atoms with Crippen molar-refractivity contribution in [2.24, 2.45) is 11.7 Å². The van der Waals surface area contributed by atoms with E-state index in [0.717, 1.165) is 42.9 Å². The summed E-state index contributed by atoms with van der Waals surface area (Å²) in [4.78, 5) is 14.4. The number of nitrogens with zero attached hydrogens (tertiary/aromatic N) is 1. The molecule has 3 rings (SSSR count). The fraction of sp³-hybridized carbons (Fsp3) is 0.533. The van der Waals surface area contributed by atoms with Gasteiger partial charge in [-0.05, 0) is 36.8 Å². The Morgan fingerprint density at radius 2 is 1.95 bits per heavy atom. The number of amides is 1. The van der Waals surface area contributed by atoms with E-state index >= 15 is 0 Å². The van der Waals surface area contributed by atoms with Crippen molar-refractivity contribution in [2.75, 3.05) is 13.1 Å². The van der Waals surface area contributed by atoms with Gasteiger partial charge in [0.25, 0.3) is 0 Å². The zero-order chi connectivity index (χ0) is 13.4. The molecule has 2 N–H and O–H groups in total. The van der Waals surface area contributed by atoms with E-state index in [1.165, 1.54) is 0 Å². The van der Waals surface area contributed by atoms with Gasteiger partial charge in [0, 0.05) is 30.1 Å². The number of nitrogens with two attached hydrogens (primary N) is 1. The van der Waals surface area contributed by atoms with Gasteiger partial charge in [-0.3, -0.25) is 4.79 Å². The molecule has 19 heavy (non-hydrogen) atoms. The van der Waals surface area contributed by atoms with Gasteiger partial charge >= 0.3 is 0 Å². The lowest BCUT2D eigenvalue weighted by Crippen LogP contribution is -2.43. The first-order chi connectivity index (χ1) is 9.16. The molecule has 3 nitrogen and oxygen atoms in total. The van der Waals surface area contributed by atoms with E-state index in [9.17, 15) is 4.79 Å². The van der Waals surface area contributed by atoms with Crippen LogP contribution in [0.2, 0.25) is 5.02 Å². The molecule has 4 heteroatoms. The van der Waals surface area contributed by atoms with Gasteiger partial charge in [0.15, 0.2) is 0 Å². The molecular formula is C15H19ClN2O. The van der Waals surface area contributed by atoms with Gasteiger partial charge in [-0.2, -0.15) is 0 Å². The summed E-state index contributed by atoms with van der Waals surface area (Å²) in [6.07, 6.45) is 2.79. The maximum atomic E-state index is 12.4. The Kier molecular flexibility index (Phi) is 3.50. The maximum Gasteiger partial charge on any atom is 0.226 e. The number of likely N-dealkylation sites (tertiary alicyclic amines) is 1. The molecule has 2 fully saturated rings. The van der Waals surface area contributed by atoms with Crippen LogP contribution in [0.1, 0.15) is 30.7 Å². The number of carbonyl (C=O) groups is 1. The first-order valence-electron chi connectivity index (χ1n) is 6.95. The lowest BCUT2D eigenvalue weighted by Gasteiger charge is -2.30. The maximum absolute atomic E-state index is 12.4. The second-order valence-corrected chi connectivity index (χ2v) is 6.04. The molecule has 1 aliphatic carbocycles. The largest absolute Gasteiger partial charge is 0.342 e. The molecule has 2 aliphatic rings. The Morgan fingerprint density at radius 3 is 2.63 bits per heavy atom. The molecule has 1 saturated carbocycles. The van der Waals surface area contributed by atoms with Gasteiger partial charge in [-0.1, -0.05) is 29.8 Å². The summed E-state index contributed by atoms with van der Waals surface area (Å²) in [6, 6.07) is 8.11. The molecule has 1 amide bonds. The molecule has 1 aromatic rings. The number of rotatable bonds is 2. The van der Waals surface area contributed by atoms with Crippen molar-refractivity contribution in [3.63, 3.8) is 0 Å². The number of halogens is 1. The molecular weight excluding hydrogens is 260 g/mol. The van der Waals surface area contributed by atoms with Gasteiger partial charge in [-0.25, -0.2) is 0 Å². The average Bonchev–Trinajstić information content (AvgIpc) is 3.19. The molecule has 0 unspecified atom stereocenters. The minimum atomic E-state index is 0.134. The molecule has 2 atom stereocenters. The highest BCUT2D eigenvalue weighted by Crippen LogP contribution is 2.50. The third-order valence-corrected chi connectivity index (χ3v) is 4.61. The number of carbonyl (C=O) groups excluding carboxylic acids is 1. The van der Waals surface area contributed by atoms with Crippen molar-refractivity contribution in [3.8, 4) is 0 Å². The molecule has 102 valence electrons. The summed E-state index contributed by atoms with van der Waals surface area (Å²) in [5.74, 6) is 0.739. The second kappa shape index (κ2) is 5.14. The van der Waals surface area contributed by atoms with Gasteiger partial charge in [0.2, 0.25) is 5.91 Å². The molecule has 1 saturated heterocycles. The van der Waals surface area contributed by atoms with Crippen molar-refractivity contribution in [1.29, 1.82) is 0 Å². The van der Waals surface area contributed by atoms with E-state index in [1.54, 1.807) is 0 Å². The zero-order valence-corrected chi connectivity index (χ0v) is 11.6. The fourth-order valence-electron chi connectivity index (χ4n) is 2.94. The van der Waals surface area contributed by atoms with Crippen LogP contribution in [-0.4, -0.2) is 29.9 Å². The monoisotopic (exact) mass is 278 g/mol. The smallest absolute Gasteiger partial charge is 0.226 e. The molecule has 1 heterocycles. The summed E-state index contributed by atoms with van der Waals surface area (Å²) in [6.45, 7) is 1.62. The highest BCUT2D eigenvalue weighted by atomic mass is 35.5. The molecule has 0 aromatic heterocycles. The highest BCUT2D eigenvalue weighted by molar-refractivity contribution is 6.31. The molecule has 0 bridgehead atoms. The predicted molar refractivity (Wildman–Crippen MR) is 76.1 cm³/mol. The van der Waals surface area contributed by atoms with E-state index in [0.29, 0.717) is 5.92 Å². The topological polar surface area (TPSA) is 46.3 Å².